The fourth-order valence-corrected chi connectivity index (χ4v) is 0.651. The number of ketones is 1. The van der Waals surface area contributed by atoms with E-state index in [1.807, 2.05) is 13.0 Å². The molecule has 10 heavy (non-hydrogen) atoms. The van der Waals surface area contributed by atoms with Crippen molar-refractivity contribution in [2.75, 3.05) is 0 Å². The predicted octanol–water partition coefficient (Wildman–Crippen LogP) is 1.83. The maximum Gasteiger partial charge on any atom is 0.170 e. The number of carbonyl (C=O) groups is 1. The van der Waals surface area contributed by atoms with Gasteiger partial charge >= 0.3 is 0 Å². The molecule has 0 N–H and O–H groups in total. The molecule has 0 unspecified atom stereocenters. The Morgan fingerprint density at radius 1 is 1.50 bits per heavy atom. The van der Waals surface area contributed by atoms with Crippen molar-refractivity contribution < 1.29 is 4.79 Å². The summed E-state index contributed by atoms with van der Waals surface area (Å²) in [4.78, 5) is 10.7. The van der Waals surface area contributed by atoms with Gasteiger partial charge < -0.3 is 0 Å². The van der Waals surface area contributed by atoms with E-state index in [4.69, 9.17) is 5.26 Å². The SMILES string of the molecule is CCC(C)=C(C#N)C(C)=O. The van der Waals surface area contributed by atoms with Crippen LogP contribution in [0.1, 0.15) is 27.2 Å². The van der Waals surface area contributed by atoms with Crippen LogP contribution in [-0.2, 0) is 4.79 Å². The van der Waals surface area contributed by atoms with Crippen molar-refractivity contribution in [3.05, 3.63) is 11.1 Å². The molecule has 0 aromatic carbocycles. The zero-order valence-corrected chi connectivity index (χ0v) is 6.56. The van der Waals surface area contributed by atoms with Crippen LogP contribution in [0.4, 0.5) is 0 Å². The largest absolute Gasteiger partial charge is 0.294 e. The minimum atomic E-state index is -0.137. The molecule has 0 bridgehead atoms. The Labute approximate surface area is 61.2 Å². The fraction of sp³-hybridized carbons (Fsp3) is 0.500. The lowest BCUT2D eigenvalue weighted by Crippen LogP contribution is -1.96. The van der Waals surface area contributed by atoms with Gasteiger partial charge in [0.2, 0.25) is 0 Å². The normalized spacial score (nSPS) is 11.8. The molecular weight excluding hydrogens is 126 g/mol. The van der Waals surface area contributed by atoms with Gasteiger partial charge in [-0.2, -0.15) is 5.26 Å². The minimum Gasteiger partial charge on any atom is -0.294 e. The topological polar surface area (TPSA) is 40.9 Å². The van der Waals surface area contributed by atoms with E-state index in [-0.39, 0.29) is 5.78 Å². The Balaban J connectivity index is 4.68. The van der Waals surface area contributed by atoms with E-state index in [9.17, 15) is 4.79 Å². The van der Waals surface area contributed by atoms with E-state index >= 15 is 0 Å². The monoisotopic (exact) mass is 137 g/mol. The van der Waals surface area contributed by atoms with Crippen LogP contribution in [0.5, 0.6) is 0 Å². The van der Waals surface area contributed by atoms with E-state index in [0.717, 1.165) is 12.0 Å². The van der Waals surface area contributed by atoms with Gasteiger partial charge in [0, 0.05) is 0 Å². The molecule has 0 fully saturated rings. The Kier molecular flexibility index (Phi) is 3.42. The first kappa shape index (κ1) is 8.90. The average molecular weight is 137 g/mol. The zero-order valence-electron chi connectivity index (χ0n) is 6.56. The lowest BCUT2D eigenvalue weighted by molar-refractivity contribution is -0.113. The molecule has 0 rings (SSSR count). The quantitative estimate of drug-likeness (QED) is 0.430. The van der Waals surface area contributed by atoms with Crippen LogP contribution >= 0.6 is 0 Å². The van der Waals surface area contributed by atoms with Gasteiger partial charge in [0.25, 0.3) is 0 Å². The van der Waals surface area contributed by atoms with Crippen molar-refractivity contribution >= 4 is 5.78 Å². The second-order valence-electron chi connectivity index (χ2n) is 2.18. The van der Waals surface area contributed by atoms with Crippen molar-refractivity contribution in [3.8, 4) is 6.07 Å². The third-order valence-corrected chi connectivity index (χ3v) is 1.42. The van der Waals surface area contributed by atoms with Gasteiger partial charge in [0.1, 0.15) is 6.07 Å². The maximum atomic E-state index is 10.7. The lowest BCUT2D eigenvalue weighted by Gasteiger charge is -1.95. The molecule has 0 aliphatic heterocycles. The van der Waals surface area contributed by atoms with Gasteiger partial charge in [0.05, 0.1) is 5.57 Å². The fourth-order valence-electron chi connectivity index (χ4n) is 0.651. The van der Waals surface area contributed by atoms with Crippen LogP contribution in [0.2, 0.25) is 0 Å². The summed E-state index contributed by atoms with van der Waals surface area (Å²) in [5, 5.41) is 8.47. The number of nitrogens with zero attached hydrogens (tertiary/aromatic N) is 1. The Hall–Kier alpha value is -1.10. The highest BCUT2D eigenvalue weighted by molar-refractivity contribution is 5.97. The van der Waals surface area contributed by atoms with Gasteiger partial charge in [0.15, 0.2) is 5.78 Å². The highest BCUT2D eigenvalue weighted by Gasteiger charge is 2.04. The molecule has 0 aromatic heterocycles. The summed E-state index contributed by atoms with van der Waals surface area (Å²) in [6, 6.07) is 1.88. The Morgan fingerprint density at radius 2 is 2.00 bits per heavy atom. The standard InChI is InChI=1S/C8H11NO/c1-4-6(2)8(5-9)7(3)10/h4H2,1-3H3. The summed E-state index contributed by atoms with van der Waals surface area (Å²) in [7, 11) is 0. The van der Waals surface area contributed by atoms with Crippen molar-refractivity contribution in [1.29, 1.82) is 5.26 Å². The number of nitriles is 1. The summed E-state index contributed by atoms with van der Waals surface area (Å²) in [6.45, 7) is 5.15. The maximum absolute atomic E-state index is 10.7. The summed E-state index contributed by atoms with van der Waals surface area (Å²) in [6.07, 6.45) is 0.766. The van der Waals surface area contributed by atoms with Crippen LogP contribution in [0.15, 0.2) is 11.1 Å². The first-order valence-corrected chi connectivity index (χ1v) is 3.24. The van der Waals surface area contributed by atoms with Crippen LogP contribution in [0.3, 0.4) is 0 Å². The Bertz CT molecular complexity index is 208. The van der Waals surface area contributed by atoms with E-state index in [1.165, 1.54) is 6.92 Å². The molecular formula is C8H11NO. The minimum absolute atomic E-state index is 0.137. The van der Waals surface area contributed by atoms with Crippen molar-refractivity contribution in [3.63, 3.8) is 0 Å². The highest BCUT2D eigenvalue weighted by atomic mass is 16.1. The second kappa shape index (κ2) is 3.84. The third kappa shape index (κ3) is 2.02. The zero-order chi connectivity index (χ0) is 8.15. The van der Waals surface area contributed by atoms with E-state index in [2.05, 4.69) is 0 Å². The predicted molar refractivity (Wildman–Crippen MR) is 39.3 cm³/mol. The molecule has 54 valence electrons. The lowest BCUT2D eigenvalue weighted by atomic mass is 10.1. The van der Waals surface area contributed by atoms with Gasteiger partial charge in [-0.3, -0.25) is 4.79 Å². The molecule has 0 spiro atoms. The number of rotatable bonds is 2. The van der Waals surface area contributed by atoms with Gasteiger partial charge in [-0.05, 0) is 20.3 Å². The number of hydrogen-bond donors (Lipinski definition) is 0. The van der Waals surface area contributed by atoms with Gasteiger partial charge in [-0.25, -0.2) is 0 Å². The number of hydrogen-bond acceptors (Lipinski definition) is 2. The van der Waals surface area contributed by atoms with Gasteiger partial charge in [-0.15, -0.1) is 0 Å². The first-order chi connectivity index (χ1) is 4.63. The smallest absolute Gasteiger partial charge is 0.170 e. The summed E-state index contributed by atoms with van der Waals surface area (Å²) in [5.74, 6) is -0.137. The van der Waals surface area contributed by atoms with Crippen molar-refractivity contribution in [1.82, 2.24) is 0 Å². The average Bonchev–Trinajstić information content (AvgIpc) is 1.88. The molecule has 2 heteroatoms. The summed E-state index contributed by atoms with van der Waals surface area (Å²) < 4.78 is 0. The second-order valence-corrected chi connectivity index (χ2v) is 2.18. The van der Waals surface area contributed by atoms with Gasteiger partial charge in [-0.1, -0.05) is 12.5 Å². The van der Waals surface area contributed by atoms with Crippen LogP contribution in [-0.4, -0.2) is 5.78 Å². The number of Topliss-reactive ketones (excluding diaryl/α,β-unsaturated/α-hetero) is 1. The molecule has 0 amide bonds. The van der Waals surface area contributed by atoms with E-state index < -0.39 is 0 Å². The number of carbonyl (C=O) groups excluding carboxylic acids is 1. The molecule has 0 aliphatic rings. The summed E-state index contributed by atoms with van der Waals surface area (Å²) >= 11 is 0. The molecule has 0 saturated carbocycles. The summed E-state index contributed by atoms with van der Waals surface area (Å²) in [5.41, 5.74) is 1.18. The molecule has 0 radical (unpaired) electrons. The molecule has 0 saturated heterocycles. The number of allylic oxidation sites excluding steroid dienone is 2. The molecule has 0 heterocycles. The van der Waals surface area contributed by atoms with Crippen molar-refractivity contribution in [2.45, 2.75) is 27.2 Å². The van der Waals surface area contributed by atoms with Crippen LogP contribution in [0.25, 0.3) is 0 Å². The first-order valence-electron chi connectivity index (χ1n) is 3.24. The van der Waals surface area contributed by atoms with Crippen molar-refractivity contribution in [2.24, 2.45) is 0 Å². The van der Waals surface area contributed by atoms with E-state index in [1.54, 1.807) is 6.92 Å². The third-order valence-electron chi connectivity index (χ3n) is 1.42. The molecule has 2 nitrogen and oxygen atoms in total. The van der Waals surface area contributed by atoms with Crippen LogP contribution in [0, 0.1) is 11.3 Å². The Morgan fingerprint density at radius 3 is 2.10 bits per heavy atom. The molecule has 0 aliphatic carbocycles. The molecule has 0 atom stereocenters. The highest BCUT2D eigenvalue weighted by Crippen LogP contribution is 2.07. The van der Waals surface area contributed by atoms with Crippen LogP contribution < -0.4 is 0 Å². The van der Waals surface area contributed by atoms with E-state index in [0.29, 0.717) is 5.57 Å². The molecule has 0 aromatic rings.